The van der Waals surface area contributed by atoms with E-state index in [-0.39, 0.29) is 5.28 Å². The van der Waals surface area contributed by atoms with Gasteiger partial charge in [-0.05, 0) is 23.7 Å². The fourth-order valence-corrected chi connectivity index (χ4v) is 1.70. The summed E-state index contributed by atoms with van der Waals surface area (Å²) in [6.45, 7) is 1.84. The van der Waals surface area contributed by atoms with Gasteiger partial charge in [-0.25, -0.2) is 4.98 Å². The largest absolute Gasteiger partial charge is 0.433 e. The van der Waals surface area contributed by atoms with E-state index in [4.69, 9.17) is 11.6 Å². The third kappa shape index (κ3) is 2.31. The maximum absolute atomic E-state index is 12.4. The molecule has 2 heterocycles. The van der Waals surface area contributed by atoms with Crippen LogP contribution in [0, 0.1) is 0 Å². The molecule has 8 heteroatoms. The lowest BCUT2D eigenvalue weighted by Gasteiger charge is -2.08. The monoisotopic (exact) mass is 276 g/mol. The lowest BCUT2D eigenvalue weighted by Crippen LogP contribution is -2.09. The number of halogens is 4. The van der Waals surface area contributed by atoms with Crippen LogP contribution in [-0.2, 0) is 12.6 Å². The Morgan fingerprint density at radius 1 is 1.28 bits per heavy atom. The summed E-state index contributed by atoms with van der Waals surface area (Å²) in [6.07, 6.45) is -2.80. The average molecular weight is 277 g/mol. The molecule has 0 aromatic carbocycles. The molecule has 0 saturated carbocycles. The second-order valence-electron chi connectivity index (χ2n) is 3.47. The Morgan fingerprint density at radius 3 is 2.50 bits per heavy atom. The van der Waals surface area contributed by atoms with Crippen LogP contribution in [0.2, 0.25) is 5.28 Å². The lowest BCUT2D eigenvalue weighted by atomic mass is 10.3. The van der Waals surface area contributed by atoms with Gasteiger partial charge in [-0.2, -0.15) is 13.2 Å². The minimum atomic E-state index is -4.46. The predicted molar refractivity (Wildman–Crippen MR) is 58.5 cm³/mol. The summed E-state index contributed by atoms with van der Waals surface area (Å²) < 4.78 is 38.6. The van der Waals surface area contributed by atoms with Crippen molar-refractivity contribution in [1.82, 2.24) is 19.7 Å². The lowest BCUT2D eigenvalue weighted by molar-refractivity contribution is -0.141. The van der Waals surface area contributed by atoms with Gasteiger partial charge < -0.3 is 0 Å². The van der Waals surface area contributed by atoms with Crippen LogP contribution in [0.3, 0.4) is 0 Å². The minimum absolute atomic E-state index is 0.0911. The maximum Gasteiger partial charge on any atom is 0.433 e. The molecule has 0 fully saturated rings. The second-order valence-corrected chi connectivity index (χ2v) is 3.81. The SMILES string of the molecule is CCc1nnc(Cl)n1-c1ccc(C(F)(F)F)nc1. The minimum Gasteiger partial charge on any atom is -0.268 e. The predicted octanol–water partition coefficient (Wildman–Crippen LogP) is 2.90. The van der Waals surface area contributed by atoms with Gasteiger partial charge in [0.1, 0.15) is 11.5 Å². The first kappa shape index (κ1) is 12.8. The number of nitrogens with zero attached hydrogens (tertiary/aromatic N) is 4. The fraction of sp³-hybridized carbons (Fsp3) is 0.300. The summed E-state index contributed by atoms with van der Waals surface area (Å²) in [7, 11) is 0. The number of hydrogen-bond acceptors (Lipinski definition) is 3. The molecule has 0 aliphatic heterocycles. The molecule has 0 radical (unpaired) electrons. The molecule has 2 rings (SSSR count). The zero-order chi connectivity index (χ0) is 13.3. The highest BCUT2D eigenvalue weighted by atomic mass is 35.5. The van der Waals surface area contributed by atoms with Gasteiger partial charge in [0.25, 0.3) is 0 Å². The normalized spacial score (nSPS) is 11.8. The average Bonchev–Trinajstić information content (AvgIpc) is 2.69. The highest BCUT2D eigenvalue weighted by molar-refractivity contribution is 6.28. The van der Waals surface area contributed by atoms with E-state index in [0.717, 1.165) is 12.3 Å². The molecule has 0 unspecified atom stereocenters. The summed E-state index contributed by atoms with van der Waals surface area (Å²) in [4.78, 5) is 3.36. The van der Waals surface area contributed by atoms with Crippen LogP contribution in [0.1, 0.15) is 18.4 Å². The standard InChI is InChI=1S/C10H8ClF3N4/c1-2-8-16-17-9(11)18(8)6-3-4-7(15-5-6)10(12,13)14/h3-5H,2H2,1H3. The molecule has 0 spiro atoms. The molecule has 0 bridgehead atoms. The molecular formula is C10H8ClF3N4. The summed E-state index contributed by atoms with van der Waals surface area (Å²) in [5, 5.41) is 7.57. The van der Waals surface area contributed by atoms with Gasteiger partial charge in [0.2, 0.25) is 5.28 Å². The van der Waals surface area contributed by atoms with Crippen molar-refractivity contribution in [1.29, 1.82) is 0 Å². The summed E-state index contributed by atoms with van der Waals surface area (Å²) in [6, 6.07) is 2.18. The van der Waals surface area contributed by atoms with Crippen LogP contribution in [0.15, 0.2) is 18.3 Å². The maximum atomic E-state index is 12.4. The molecule has 0 aliphatic carbocycles. The zero-order valence-electron chi connectivity index (χ0n) is 9.24. The van der Waals surface area contributed by atoms with E-state index in [1.165, 1.54) is 10.6 Å². The first-order valence-corrected chi connectivity index (χ1v) is 5.44. The van der Waals surface area contributed by atoms with Crippen molar-refractivity contribution in [3.05, 3.63) is 35.1 Å². The molecule has 2 aromatic rings. The van der Waals surface area contributed by atoms with Gasteiger partial charge in [0.05, 0.1) is 11.9 Å². The van der Waals surface area contributed by atoms with Gasteiger partial charge >= 0.3 is 6.18 Å². The van der Waals surface area contributed by atoms with E-state index in [1.807, 2.05) is 6.92 Å². The van der Waals surface area contributed by atoms with Gasteiger partial charge in [0.15, 0.2) is 0 Å². The van der Waals surface area contributed by atoms with Gasteiger partial charge in [-0.3, -0.25) is 4.57 Å². The van der Waals surface area contributed by atoms with Gasteiger partial charge in [0, 0.05) is 6.42 Å². The number of pyridine rings is 1. The van der Waals surface area contributed by atoms with Crippen molar-refractivity contribution in [3.63, 3.8) is 0 Å². The van der Waals surface area contributed by atoms with E-state index < -0.39 is 11.9 Å². The van der Waals surface area contributed by atoms with E-state index >= 15 is 0 Å². The Labute approximate surface area is 105 Å². The van der Waals surface area contributed by atoms with Crippen molar-refractivity contribution < 1.29 is 13.2 Å². The Balaban J connectivity index is 2.43. The molecule has 0 aliphatic rings. The van der Waals surface area contributed by atoms with E-state index in [0.29, 0.717) is 17.9 Å². The molecule has 2 aromatic heterocycles. The molecule has 0 amide bonds. The number of aromatic nitrogens is 4. The Morgan fingerprint density at radius 2 is 2.00 bits per heavy atom. The van der Waals surface area contributed by atoms with Gasteiger partial charge in [-0.1, -0.05) is 6.92 Å². The van der Waals surface area contributed by atoms with Crippen molar-refractivity contribution in [2.75, 3.05) is 0 Å². The zero-order valence-corrected chi connectivity index (χ0v) is 10.00. The van der Waals surface area contributed by atoms with Crippen molar-refractivity contribution in [2.45, 2.75) is 19.5 Å². The third-order valence-corrected chi connectivity index (χ3v) is 2.55. The number of aryl methyl sites for hydroxylation is 1. The summed E-state index contributed by atoms with van der Waals surface area (Å²) in [5.74, 6) is 0.557. The number of alkyl halides is 3. The quantitative estimate of drug-likeness (QED) is 0.847. The highest BCUT2D eigenvalue weighted by Crippen LogP contribution is 2.28. The van der Waals surface area contributed by atoms with Crippen LogP contribution in [0.5, 0.6) is 0 Å². The van der Waals surface area contributed by atoms with Crippen molar-refractivity contribution in [3.8, 4) is 5.69 Å². The molecule has 0 N–H and O–H groups in total. The first-order chi connectivity index (χ1) is 8.43. The van der Waals surface area contributed by atoms with Crippen molar-refractivity contribution in [2.24, 2.45) is 0 Å². The van der Waals surface area contributed by atoms with Crippen molar-refractivity contribution >= 4 is 11.6 Å². The Kier molecular flexibility index (Phi) is 3.25. The number of hydrogen-bond donors (Lipinski definition) is 0. The smallest absolute Gasteiger partial charge is 0.268 e. The van der Waals surface area contributed by atoms with Crippen LogP contribution >= 0.6 is 11.6 Å². The first-order valence-electron chi connectivity index (χ1n) is 5.07. The van der Waals surface area contributed by atoms with E-state index in [1.54, 1.807) is 0 Å². The molecule has 0 saturated heterocycles. The van der Waals surface area contributed by atoms with E-state index in [9.17, 15) is 13.2 Å². The summed E-state index contributed by atoms with van der Waals surface area (Å²) >= 11 is 5.83. The highest BCUT2D eigenvalue weighted by Gasteiger charge is 2.32. The Bertz CT molecular complexity index is 547. The fourth-order valence-electron chi connectivity index (χ4n) is 1.47. The Hall–Kier alpha value is -1.63. The van der Waals surface area contributed by atoms with E-state index in [2.05, 4.69) is 15.2 Å². The third-order valence-electron chi connectivity index (χ3n) is 2.30. The van der Waals surface area contributed by atoms with Crippen LogP contribution < -0.4 is 0 Å². The molecule has 4 nitrogen and oxygen atoms in total. The molecule has 18 heavy (non-hydrogen) atoms. The van der Waals surface area contributed by atoms with Crippen LogP contribution in [0.25, 0.3) is 5.69 Å². The summed E-state index contributed by atoms with van der Waals surface area (Å²) in [5.41, 5.74) is -0.552. The topological polar surface area (TPSA) is 43.6 Å². The molecular weight excluding hydrogens is 269 g/mol. The molecule has 96 valence electrons. The van der Waals surface area contributed by atoms with Crippen LogP contribution in [0.4, 0.5) is 13.2 Å². The second kappa shape index (κ2) is 4.56. The van der Waals surface area contributed by atoms with Gasteiger partial charge in [-0.15, -0.1) is 10.2 Å². The molecule has 0 atom stereocenters. The van der Waals surface area contributed by atoms with Crippen LogP contribution in [-0.4, -0.2) is 19.7 Å². The number of rotatable bonds is 2.